The Morgan fingerprint density at radius 3 is 2.44 bits per heavy atom. The zero-order chi connectivity index (χ0) is 20.1. The summed E-state index contributed by atoms with van der Waals surface area (Å²) in [5.74, 6) is -0.527. The van der Waals surface area contributed by atoms with Crippen molar-refractivity contribution in [2.45, 2.75) is 53.1 Å². The summed E-state index contributed by atoms with van der Waals surface area (Å²) < 4.78 is 10.3. The summed E-state index contributed by atoms with van der Waals surface area (Å²) in [6.45, 7) is 11.5. The Morgan fingerprint density at radius 1 is 1.26 bits per heavy atom. The maximum absolute atomic E-state index is 13.4. The second kappa shape index (κ2) is 6.76. The molecule has 0 bridgehead atoms. The fourth-order valence-electron chi connectivity index (χ4n) is 4.72. The number of carbonyl (C=O) groups excluding carboxylic acids is 3. The predicted octanol–water partition coefficient (Wildman–Crippen LogP) is 1.21. The lowest BCUT2D eigenvalue weighted by Gasteiger charge is -2.37. The van der Waals surface area contributed by atoms with Crippen molar-refractivity contribution in [2.24, 2.45) is 28.6 Å². The van der Waals surface area contributed by atoms with Crippen molar-refractivity contribution in [3.05, 3.63) is 0 Å². The Labute approximate surface area is 161 Å². The van der Waals surface area contributed by atoms with Crippen LogP contribution >= 0.6 is 0 Å². The van der Waals surface area contributed by atoms with Gasteiger partial charge in [-0.3, -0.25) is 9.59 Å². The fraction of sp³-hybridized carbons (Fsp3) is 0.850. The average Bonchev–Trinajstić information content (AvgIpc) is 3.06. The summed E-state index contributed by atoms with van der Waals surface area (Å²) in [4.78, 5) is 40.1. The fourth-order valence-corrected chi connectivity index (χ4v) is 4.72. The van der Waals surface area contributed by atoms with Gasteiger partial charge in [-0.15, -0.1) is 0 Å². The SMILES string of the molecule is COC(=O)[C@@H]1[C@@H]2[C@H](CN1C(=O)[C@@H](NC(=O)[C@H]1CCOC1)C(C)(C)C)C2(C)C. The van der Waals surface area contributed by atoms with Crippen LogP contribution in [0.5, 0.6) is 0 Å². The van der Waals surface area contributed by atoms with Crippen LogP contribution in [0, 0.1) is 28.6 Å². The van der Waals surface area contributed by atoms with Crippen molar-refractivity contribution >= 4 is 17.8 Å². The molecule has 7 nitrogen and oxygen atoms in total. The Kier molecular flexibility index (Phi) is 5.04. The molecule has 152 valence electrons. The number of nitrogens with zero attached hydrogens (tertiary/aromatic N) is 1. The smallest absolute Gasteiger partial charge is 0.328 e. The number of methoxy groups -OCH3 is 1. The number of ether oxygens (including phenoxy) is 2. The molecule has 0 spiro atoms. The van der Waals surface area contributed by atoms with E-state index in [0.29, 0.717) is 32.1 Å². The molecule has 2 amide bonds. The van der Waals surface area contributed by atoms with Crippen molar-refractivity contribution in [1.82, 2.24) is 10.2 Å². The molecule has 3 rings (SSSR count). The van der Waals surface area contributed by atoms with E-state index in [0.717, 1.165) is 0 Å². The number of nitrogens with one attached hydrogen (secondary N) is 1. The van der Waals surface area contributed by atoms with Crippen LogP contribution in [0.15, 0.2) is 0 Å². The minimum Gasteiger partial charge on any atom is -0.467 e. The van der Waals surface area contributed by atoms with Crippen LogP contribution in [0.3, 0.4) is 0 Å². The second-order valence-corrected chi connectivity index (χ2v) is 9.78. The van der Waals surface area contributed by atoms with Crippen LogP contribution in [-0.4, -0.2) is 61.6 Å². The molecular weight excluding hydrogens is 348 g/mol. The van der Waals surface area contributed by atoms with E-state index < -0.39 is 17.5 Å². The number of carbonyl (C=O) groups is 3. The van der Waals surface area contributed by atoms with Gasteiger partial charge in [0.2, 0.25) is 11.8 Å². The summed E-state index contributed by atoms with van der Waals surface area (Å²) in [6, 6.07) is -1.27. The Morgan fingerprint density at radius 2 is 1.93 bits per heavy atom. The third kappa shape index (κ3) is 3.46. The molecule has 7 heteroatoms. The molecule has 0 aromatic carbocycles. The van der Waals surface area contributed by atoms with Crippen LogP contribution in [0.4, 0.5) is 0 Å². The lowest BCUT2D eigenvalue weighted by Crippen LogP contribution is -2.59. The molecule has 5 atom stereocenters. The number of hydrogen-bond donors (Lipinski definition) is 1. The molecule has 1 N–H and O–H groups in total. The van der Waals surface area contributed by atoms with Crippen molar-refractivity contribution in [3.63, 3.8) is 0 Å². The Bertz CT molecular complexity index is 633. The Balaban J connectivity index is 1.79. The monoisotopic (exact) mass is 380 g/mol. The molecule has 3 fully saturated rings. The van der Waals surface area contributed by atoms with Crippen molar-refractivity contribution in [2.75, 3.05) is 26.9 Å². The van der Waals surface area contributed by atoms with Crippen LogP contribution in [0.2, 0.25) is 0 Å². The third-order valence-corrected chi connectivity index (χ3v) is 6.63. The maximum Gasteiger partial charge on any atom is 0.328 e. The number of fused-ring (bicyclic) bond motifs is 1. The summed E-state index contributed by atoms with van der Waals surface area (Å²) in [7, 11) is 1.36. The molecule has 2 heterocycles. The van der Waals surface area contributed by atoms with Crippen LogP contribution in [-0.2, 0) is 23.9 Å². The minimum absolute atomic E-state index is 0.0390. The summed E-state index contributed by atoms with van der Waals surface area (Å²) in [5.41, 5.74) is -0.438. The number of rotatable bonds is 4. The first-order valence-electron chi connectivity index (χ1n) is 9.76. The van der Waals surface area contributed by atoms with E-state index in [1.54, 1.807) is 4.90 Å². The maximum atomic E-state index is 13.4. The number of esters is 1. The molecule has 2 aliphatic heterocycles. The van der Waals surface area contributed by atoms with E-state index >= 15 is 0 Å². The Hall–Kier alpha value is -1.63. The van der Waals surface area contributed by atoms with Gasteiger partial charge in [-0.25, -0.2) is 4.79 Å². The highest BCUT2D eigenvalue weighted by atomic mass is 16.5. The minimum atomic E-state index is -0.696. The van der Waals surface area contributed by atoms with Gasteiger partial charge >= 0.3 is 5.97 Å². The standard InChI is InChI=1S/C20H32N2O5/c1-19(2,3)15(21-16(23)11-7-8-27-10-11)17(24)22-9-12-13(20(12,4)5)14(22)18(25)26-6/h11-15H,7-10H2,1-6H3,(H,21,23)/t11-,12-,13-,14-,15+/m0/s1. The van der Waals surface area contributed by atoms with E-state index in [1.807, 2.05) is 20.8 Å². The molecule has 1 aliphatic carbocycles. The van der Waals surface area contributed by atoms with E-state index in [2.05, 4.69) is 19.2 Å². The lowest BCUT2D eigenvalue weighted by atomic mass is 9.84. The van der Waals surface area contributed by atoms with Crippen molar-refractivity contribution < 1.29 is 23.9 Å². The van der Waals surface area contributed by atoms with Gasteiger partial charge in [0.1, 0.15) is 12.1 Å². The molecular formula is C20H32N2O5. The van der Waals surface area contributed by atoms with Gasteiger partial charge in [0.05, 0.1) is 19.6 Å². The number of likely N-dealkylation sites (tertiary alicyclic amines) is 1. The molecule has 3 aliphatic rings. The molecule has 2 saturated heterocycles. The van der Waals surface area contributed by atoms with Gasteiger partial charge in [-0.2, -0.15) is 0 Å². The number of amides is 2. The van der Waals surface area contributed by atoms with Gasteiger partial charge in [-0.05, 0) is 23.2 Å². The predicted molar refractivity (Wildman–Crippen MR) is 98.6 cm³/mol. The number of piperidine rings is 1. The van der Waals surface area contributed by atoms with Crippen LogP contribution < -0.4 is 5.32 Å². The first-order valence-corrected chi connectivity index (χ1v) is 9.76. The van der Waals surface area contributed by atoms with E-state index in [-0.39, 0.29) is 35.0 Å². The largest absolute Gasteiger partial charge is 0.467 e. The summed E-state index contributed by atoms with van der Waals surface area (Å²) in [6.07, 6.45) is 0.670. The van der Waals surface area contributed by atoms with Gasteiger partial charge < -0.3 is 19.7 Å². The second-order valence-electron chi connectivity index (χ2n) is 9.78. The molecule has 0 radical (unpaired) electrons. The number of hydrogen-bond acceptors (Lipinski definition) is 5. The quantitative estimate of drug-likeness (QED) is 0.741. The van der Waals surface area contributed by atoms with Gasteiger partial charge in [0, 0.05) is 19.1 Å². The third-order valence-electron chi connectivity index (χ3n) is 6.63. The van der Waals surface area contributed by atoms with Gasteiger partial charge in [0.25, 0.3) is 0 Å². The molecule has 0 unspecified atom stereocenters. The van der Waals surface area contributed by atoms with E-state index in [9.17, 15) is 14.4 Å². The van der Waals surface area contributed by atoms with E-state index in [1.165, 1.54) is 7.11 Å². The highest BCUT2D eigenvalue weighted by Crippen LogP contribution is 2.65. The van der Waals surface area contributed by atoms with Gasteiger partial charge in [0.15, 0.2) is 0 Å². The summed E-state index contributed by atoms with van der Waals surface area (Å²) >= 11 is 0. The molecule has 0 aromatic heterocycles. The van der Waals surface area contributed by atoms with Crippen LogP contribution in [0.1, 0.15) is 41.0 Å². The molecule has 27 heavy (non-hydrogen) atoms. The van der Waals surface area contributed by atoms with Crippen molar-refractivity contribution in [1.29, 1.82) is 0 Å². The highest BCUT2D eigenvalue weighted by Gasteiger charge is 2.70. The lowest BCUT2D eigenvalue weighted by molar-refractivity contribution is -0.155. The van der Waals surface area contributed by atoms with Crippen molar-refractivity contribution in [3.8, 4) is 0 Å². The molecule has 1 saturated carbocycles. The van der Waals surface area contributed by atoms with E-state index in [4.69, 9.17) is 9.47 Å². The zero-order valence-corrected chi connectivity index (χ0v) is 17.2. The topological polar surface area (TPSA) is 84.9 Å². The first-order chi connectivity index (χ1) is 12.5. The zero-order valence-electron chi connectivity index (χ0n) is 17.2. The average molecular weight is 380 g/mol. The highest BCUT2D eigenvalue weighted by molar-refractivity contribution is 5.93. The summed E-state index contributed by atoms with van der Waals surface area (Å²) in [5, 5.41) is 2.94. The normalized spacial score (nSPS) is 32.6. The molecule has 0 aromatic rings. The van der Waals surface area contributed by atoms with Gasteiger partial charge in [-0.1, -0.05) is 34.6 Å². The first kappa shape index (κ1) is 20.1. The van der Waals surface area contributed by atoms with Crippen LogP contribution in [0.25, 0.3) is 0 Å².